The number of hydrogen-bond acceptors (Lipinski definition) is 7. The van der Waals surface area contributed by atoms with Gasteiger partial charge in [-0.1, -0.05) is 30.3 Å². The van der Waals surface area contributed by atoms with Gasteiger partial charge in [-0.25, -0.2) is 19.8 Å². The maximum atomic E-state index is 7.56. The summed E-state index contributed by atoms with van der Waals surface area (Å²) < 4.78 is 2.97. The van der Waals surface area contributed by atoms with Crippen molar-refractivity contribution < 1.29 is 0 Å². The fourth-order valence-corrected chi connectivity index (χ4v) is 3.18. The number of aromatic amines is 1. The second kappa shape index (κ2) is 7.27. The molecule has 0 saturated heterocycles. The van der Waals surface area contributed by atoms with Crippen LogP contribution in [-0.4, -0.2) is 39.6 Å². The molecule has 1 N–H and O–H groups in total. The summed E-state index contributed by atoms with van der Waals surface area (Å²) in [5.74, 6) is 1.14. The Morgan fingerprint density at radius 1 is 1.00 bits per heavy atom. The molecule has 0 spiro atoms. The predicted octanol–water partition coefficient (Wildman–Crippen LogP) is 4.28. The molecule has 0 unspecified atom stereocenters. The second-order valence-corrected chi connectivity index (χ2v) is 6.63. The first-order valence-electron chi connectivity index (χ1n) is 9.32. The van der Waals surface area contributed by atoms with E-state index in [-0.39, 0.29) is 11.5 Å². The van der Waals surface area contributed by atoms with Gasteiger partial charge < -0.3 is 0 Å². The number of aromatic nitrogens is 8. The Hall–Kier alpha value is -4.72. The van der Waals surface area contributed by atoms with Gasteiger partial charge in [0.1, 0.15) is 5.82 Å². The molecule has 150 valence electrons. The van der Waals surface area contributed by atoms with Crippen molar-refractivity contribution in [3.05, 3.63) is 71.7 Å². The Bertz CT molecular complexity index is 1450. The number of nitrogens with zero attached hydrogens (tertiary/aromatic N) is 10. The lowest BCUT2D eigenvalue weighted by Crippen LogP contribution is -2.01. The van der Waals surface area contributed by atoms with Gasteiger partial charge in [-0.15, -0.1) is 15.3 Å². The summed E-state index contributed by atoms with van der Waals surface area (Å²) >= 11 is 0. The van der Waals surface area contributed by atoms with Crippen LogP contribution >= 0.6 is 0 Å². The van der Waals surface area contributed by atoms with Crippen molar-refractivity contribution in [3.63, 3.8) is 0 Å². The van der Waals surface area contributed by atoms with Gasteiger partial charge in [0.2, 0.25) is 5.65 Å². The first kappa shape index (κ1) is 18.3. The number of fused-ring (bicyclic) bond motifs is 1. The summed E-state index contributed by atoms with van der Waals surface area (Å²) in [6.45, 7) is 11.1. The molecular formula is C20H15N11. The summed E-state index contributed by atoms with van der Waals surface area (Å²) in [7, 11) is 0. The van der Waals surface area contributed by atoms with Crippen molar-refractivity contribution in [2.45, 2.75) is 13.8 Å². The van der Waals surface area contributed by atoms with Crippen LogP contribution in [0.3, 0.4) is 0 Å². The molecule has 0 amide bonds. The molecule has 0 bridgehead atoms. The summed E-state index contributed by atoms with van der Waals surface area (Å²) in [4.78, 5) is 16.5. The molecule has 11 nitrogen and oxygen atoms in total. The summed E-state index contributed by atoms with van der Waals surface area (Å²) in [6.07, 6.45) is 3.19. The number of benzene rings is 1. The van der Waals surface area contributed by atoms with E-state index in [0.29, 0.717) is 34.5 Å². The third-order valence-electron chi connectivity index (χ3n) is 4.55. The average molecular weight is 409 g/mol. The van der Waals surface area contributed by atoms with Crippen molar-refractivity contribution in [1.82, 2.24) is 39.6 Å². The zero-order valence-corrected chi connectivity index (χ0v) is 16.6. The van der Waals surface area contributed by atoms with Crippen molar-refractivity contribution in [2.24, 2.45) is 10.2 Å². The Morgan fingerprint density at radius 2 is 1.77 bits per heavy atom. The van der Waals surface area contributed by atoms with Crippen molar-refractivity contribution in [2.75, 3.05) is 0 Å². The first-order valence-corrected chi connectivity index (χ1v) is 9.32. The highest BCUT2D eigenvalue weighted by Crippen LogP contribution is 2.37. The normalized spacial score (nSPS) is 11.4. The van der Waals surface area contributed by atoms with E-state index in [1.165, 1.54) is 4.68 Å². The number of azo groups is 1. The standard InChI is InChI=1S/C20H15N11/c1-12-15(21-3)19(30(27-12)20-22-10-7-11-23-20)26-25-17-16(14-8-5-4-6-9-14)29-31-18(17)24-13(2)28-31/h4-11,29H,1-2H3. The minimum absolute atomic E-state index is 0.244. The molecule has 0 radical (unpaired) electrons. The van der Waals surface area contributed by atoms with Crippen LogP contribution in [0.25, 0.3) is 27.7 Å². The van der Waals surface area contributed by atoms with E-state index in [9.17, 15) is 0 Å². The third-order valence-corrected chi connectivity index (χ3v) is 4.55. The molecule has 1 aromatic carbocycles. The molecule has 31 heavy (non-hydrogen) atoms. The van der Waals surface area contributed by atoms with Gasteiger partial charge >= 0.3 is 0 Å². The zero-order valence-electron chi connectivity index (χ0n) is 16.6. The van der Waals surface area contributed by atoms with E-state index >= 15 is 0 Å². The van der Waals surface area contributed by atoms with E-state index in [1.807, 2.05) is 30.3 Å². The predicted molar refractivity (Wildman–Crippen MR) is 112 cm³/mol. The number of aryl methyl sites for hydroxylation is 2. The Labute approximate surface area is 175 Å². The second-order valence-electron chi connectivity index (χ2n) is 6.63. The molecule has 0 aliphatic heterocycles. The highest BCUT2D eigenvalue weighted by molar-refractivity contribution is 5.82. The van der Waals surface area contributed by atoms with Crippen molar-refractivity contribution >= 4 is 22.8 Å². The summed E-state index contributed by atoms with van der Waals surface area (Å²) in [6, 6.07) is 11.4. The van der Waals surface area contributed by atoms with Gasteiger partial charge in [0.15, 0.2) is 11.5 Å². The molecule has 4 aromatic heterocycles. The van der Waals surface area contributed by atoms with Crippen LogP contribution in [0.4, 0.5) is 17.2 Å². The Balaban J connectivity index is 1.69. The highest BCUT2D eigenvalue weighted by Gasteiger charge is 2.20. The molecule has 0 fully saturated rings. The van der Waals surface area contributed by atoms with Crippen molar-refractivity contribution in [1.29, 1.82) is 0 Å². The monoisotopic (exact) mass is 409 g/mol. The van der Waals surface area contributed by atoms with Gasteiger partial charge in [0.05, 0.1) is 18.0 Å². The molecule has 0 aliphatic carbocycles. The molecule has 5 aromatic rings. The fourth-order valence-electron chi connectivity index (χ4n) is 3.18. The minimum atomic E-state index is 0.244. The number of H-pyrrole nitrogens is 1. The fraction of sp³-hybridized carbons (Fsp3) is 0.100. The van der Waals surface area contributed by atoms with Crippen LogP contribution in [-0.2, 0) is 0 Å². The third kappa shape index (κ3) is 3.12. The molecule has 5 rings (SSSR count). The SMILES string of the molecule is [C-]#[N+]c1c(C)nn(-c2ncccn2)c1N=Nc1c(-c2ccccc2)[nH]n2nc(C)nc12. The molecule has 0 saturated carbocycles. The van der Waals surface area contributed by atoms with E-state index in [1.54, 1.807) is 36.9 Å². The lowest BCUT2D eigenvalue weighted by atomic mass is 10.1. The van der Waals surface area contributed by atoms with Gasteiger partial charge in [-0.2, -0.15) is 14.4 Å². The molecule has 4 heterocycles. The highest BCUT2D eigenvalue weighted by atomic mass is 15.5. The molecular weight excluding hydrogens is 394 g/mol. The Kier molecular flexibility index (Phi) is 4.30. The smallest absolute Gasteiger partial charge is 0.255 e. The minimum Gasteiger partial charge on any atom is -0.273 e. The van der Waals surface area contributed by atoms with Crippen LogP contribution in [0.15, 0.2) is 59.0 Å². The van der Waals surface area contributed by atoms with Crippen LogP contribution in [0, 0.1) is 20.4 Å². The van der Waals surface area contributed by atoms with Gasteiger partial charge in [-0.3, -0.25) is 5.10 Å². The lowest BCUT2D eigenvalue weighted by molar-refractivity contribution is 0.793. The van der Waals surface area contributed by atoms with Gasteiger partial charge in [0.25, 0.3) is 11.6 Å². The van der Waals surface area contributed by atoms with Gasteiger partial charge in [-0.05, 0) is 19.9 Å². The van der Waals surface area contributed by atoms with Crippen LogP contribution < -0.4 is 0 Å². The summed E-state index contributed by atoms with van der Waals surface area (Å²) in [5.41, 5.74) is 3.44. The van der Waals surface area contributed by atoms with Crippen LogP contribution in [0.2, 0.25) is 0 Å². The Morgan fingerprint density at radius 3 is 2.52 bits per heavy atom. The van der Waals surface area contributed by atoms with Gasteiger partial charge in [0, 0.05) is 18.0 Å². The number of hydrogen-bond donors (Lipinski definition) is 1. The molecule has 11 heteroatoms. The van der Waals surface area contributed by atoms with E-state index in [0.717, 1.165) is 5.56 Å². The van der Waals surface area contributed by atoms with E-state index < -0.39 is 0 Å². The topological polar surface area (TPSA) is 119 Å². The maximum absolute atomic E-state index is 7.56. The van der Waals surface area contributed by atoms with Crippen LogP contribution in [0.5, 0.6) is 0 Å². The average Bonchev–Trinajstić information content (AvgIpc) is 3.43. The molecule has 0 atom stereocenters. The number of rotatable bonds is 4. The summed E-state index contributed by atoms with van der Waals surface area (Å²) in [5, 5.41) is 20.8. The lowest BCUT2D eigenvalue weighted by Gasteiger charge is -2.01. The van der Waals surface area contributed by atoms with E-state index in [4.69, 9.17) is 6.57 Å². The molecule has 0 aliphatic rings. The zero-order chi connectivity index (χ0) is 21.4. The first-order chi connectivity index (χ1) is 15.2. The van der Waals surface area contributed by atoms with Crippen LogP contribution in [0.1, 0.15) is 11.5 Å². The quantitative estimate of drug-likeness (QED) is 0.351. The maximum Gasteiger partial charge on any atom is 0.255 e. The van der Waals surface area contributed by atoms with Crippen molar-refractivity contribution in [3.8, 4) is 17.2 Å². The number of nitrogens with one attached hydrogen (secondary N) is 1. The largest absolute Gasteiger partial charge is 0.273 e. The van der Waals surface area contributed by atoms with E-state index in [2.05, 4.69) is 45.3 Å².